The van der Waals surface area contributed by atoms with Gasteiger partial charge in [0.1, 0.15) is 5.75 Å². The van der Waals surface area contributed by atoms with Gasteiger partial charge in [-0.15, -0.1) is 0 Å². The second-order valence-corrected chi connectivity index (χ2v) is 6.13. The van der Waals surface area contributed by atoms with Crippen molar-refractivity contribution in [2.24, 2.45) is 0 Å². The molecule has 0 fully saturated rings. The normalized spacial score (nSPS) is 10.1. The topological polar surface area (TPSA) is 67.4 Å². The third-order valence-corrected chi connectivity index (χ3v) is 3.86. The fourth-order valence-electron chi connectivity index (χ4n) is 2.34. The van der Waals surface area contributed by atoms with Crippen molar-refractivity contribution < 1.29 is 14.3 Å². The molecule has 0 aliphatic carbocycles. The van der Waals surface area contributed by atoms with Crippen LogP contribution in [-0.4, -0.2) is 18.4 Å². The highest BCUT2D eigenvalue weighted by Crippen LogP contribution is 2.17. The number of nitrogens with one attached hydrogen (secondary N) is 2. The van der Waals surface area contributed by atoms with Crippen LogP contribution in [0.2, 0.25) is 5.02 Å². The van der Waals surface area contributed by atoms with Crippen LogP contribution in [0, 0.1) is 0 Å². The van der Waals surface area contributed by atoms with Gasteiger partial charge in [0.15, 0.2) is 6.61 Å². The van der Waals surface area contributed by atoms with Gasteiger partial charge < -0.3 is 15.4 Å². The maximum absolute atomic E-state index is 12.1. The molecule has 2 N–H and O–H groups in total. The zero-order valence-electron chi connectivity index (χ0n) is 14.3. The first kappa shape index (κ1) is 18.5. The molecule has 0 aliphatic heterocycles. The molecule has 0 unspecified atom stereocenters. The minimum Gasteiger partial charge on any atom is -0.484 e. The van der Waals surface area contributed by atoms with E-state index < -0.39 is 0 Å². The lowest BCUT2D eigenvalue weighted by Crippen LogP contribution is -2.20. The van der Waals surface area contributed by atoms with E-state index in [-0.39, 0.29) is 18.4 Å². The van der Waals surface area contributed by atoms with E-state index in [2.05, 4.69) is 10.6 Å². The number of benzene rings is 3. The molecule has 3 aromatic carbocycles. The maximum atomic E-state index is 12.1. The van der Waals surface area contributed by atoms with Gasteiger partial charge in [-0.1, -0.05) is 35.9 Å². The van der Waals surface area contributed by atoms with Crippen LogP contribution in [0.4, 0.5) is 11.4 Å². The molecule has 0 atom stereocenters. The largest absolute Gasteiger partial charge is 0.484 e. The summed E-state index contributed by atoms with van der Waals surface area (Å²) in [5.74, 6) is 0.0397. The molecule has 0 saturated carbocycles. The molecule has 5 nitrogen and oxygen atoms in total. The van der Waals surface area contributed by atoms with Crippen molar-refractivity contribution in [3.05, 3.63) is 89.4 Å². The summed E-state index contributed by atoms with van der Waals surface area (Å²) in [5, 5.41) is 6.05. The van der Waals surface area contributed by atoms with E-state index in [0.717, 1.165) is 0 Å². The summed E-state index contributed by atoms with van der Waals surface area (Å²) in [6, 6.07) is 22.6. The van der Waals surface area contributed by atoms with Gasteiger partial charge in [0, 0.05) is 22.0 Å². The number of carbonyl (C=O) groups excluding carboxylic acids is 2. The predicted molar refractivity (Wildman–Crippen MR) is 106 cm³/mol. The molecule has 136 valence electrons. The van der Waals surface area contributed by atoms with Gasteiger partial charge in [-0.05, 0) is 54.6 Å². The van der Waals surface area contributed by atoms with Gasteiger partial charge in [-0.25, -0.2) is 0 Å². The first-order valence-electron chi connectivity index (χ1n) is 8.25. The van der Waals surface area contributed by atoms with Gasteiger partial charge >= 0.3 is 0 Å². The molecule has 0 aliphatic rings. The Morgan fingerprint density at radius 1 is 0.815 bits per heavy atom. The summed E-state index contributed by atoms with van der Waals surface area (Å²) in [7, 11) is 0. The number of hydrogen-bond donors (Lipinski definition) is 2. The third kappa shape index (κ3) is 5.59. The van der Waals surface area contributed by atoms with Crippen molar-refractivity contribution in [2.45, 2.75) is 0 Å². The first-order chi connectivity index (χ1) is 13.1. The SMILES string of the molecule is O=C(COc1ccc(NC(=O)c2ccccc2)cc1)Nc1cccc(Cl)c1. The Labute approximate surface area is 161 Å². The van der Waals surface area contributed by atoms with Crippen LogP contribution in [0.25, 0.3) is 0 Å². The predicted octanol–water partition coefficient (Wildman–Crippen LogP) is 4.61. The lowest BCUT2D eigenvalue weighted by atomic mass is 10.2. The van der Waals surface area contributed by atoms with Gasteiger partial charge in [0.05, 0.1) is 0 Å². The minimum absolute atomic E-state index is 0.137. The molecule has 3 rings (SSSR count). The van der Waals surface area contributed by atoms with Crippen molar-refractivity contribution in [3.8, 4) is 5.75 Å². The Hall–Kier alpha value is -3.31. The van der Waals surface area contributed by atoms with Crippen molar-refractivity contribution >= 4 is 34.8 Å². The molecule has 0 bridgehead atoms. The second-order valence-electron chi connectivity index (χ2n) is 5.69. The first-order valence-corrected chi connectivity index (χ1v) is 8.62. The van der Waals surface area contributed by atoms with E-state index in [1.165, 1.54) is 0 Å². The molecular formula is C21H17ClN2O3. The third-order valence-electron chi connectivity index (χ3n) is 3.63. The Morgan fingerprint density at radius 3 is 2.26 bits per heavy atom. The Bertz CT molecular complexity index is 928. The van der Waals surface area contributed by atoms with E-state index in [1.54, 1.807) is 72.8 Å². The van der Waals surface area contributed by atoms with E-state index >= 15 is 0 Å². The van der Waals surface area contributed by atoms with Crippen LogP contribution in [0.15, 0.2) is 78.9 Å². The average molecular weight is 381 g/mol. The average Bonchev–Trinajstić information content (AvgIpc) is 2.68. The molecule has 0 radical (unpaired) electrons. The summed E-state index contributed by atoms with van der Waals surface area (Å²) >= 11 is 5.88. The highest BCUT2D eigenvalue weighted by atomic mass is 35.5. The number of halogens is 1. The van der Waals surface area contributed by atoms with Crippen molar-refractivity contribution in [3.63, 3.8) is 0 Å². The standard InChI is InChI=1S/C21H17ClN2O3/c22-16-7-4-8-18(13-16)23-20(25)14-27-19-11-9-17(10-12-19)24-21(26)15-5-2-1-3-6-15/h1-13H,14H2,(H,23,25)(H,24,26). The van der Waals surface area contributed by atoms with E-state index in [0.29, 0.717) is 27.7 Å². The van der Waals surface area contributed by atoms with Crippen LogP contribution < -0.4 is 15.4 Å². The van der Waals surface area contributed by atoms with Gasteiger partial charge in [0.25, 0.3) is 11.8 Å². The zero-order valence-corrected chi connectivity index (χ0v) is 15.1. The molecule has 0 heterocycles. The van der Waals surface area contributed by atoms with Crippen LogP contribution >= 0.6 is 11.6 Å². The number of hydrogen-bond acceptors (Lipinski definition) is 3. The van der Waals surface area contributed by atoms with Gasteiger partial charge in [0.2, 0.25) is 0 Å². The minimum atomic E-state index is -0.293. The summed E-state index contributed by atoms with van der Waals surface area (Å²) < 4.78 is 5.46. The molecule has 0 saturated heterocycles. The summed E-state index contributed by atoms with van der Waals surface area (Å²) in [5.41, 5.74) is 1.82. The van der Waals surface area contributed by atoms with Crippen LogP contribution in [0.1, 0.15) is 10.4 Å². The Kier molecular flexibility index (Phi) is 6.07. The van der Waals surface area contributed by atoms with E-state index in [9.17, 15) is 9.59 Å². The quantitative estimate of drug-likeness (QED) is 0.656. The highest BCUT2D eigenvalue weighted by molar-refractivity contribution is 6.30. The summed E-state index contributed by atoms with van der Waals surface area (Å²) in [4.78, 5) is 24.0. The number of anilines is 2. The highest BCUT2D eigenvalue weighted by Gasteiger charge is 2.07. The van der Waals surface area contributed by atoms with Gasteiger partial charge in [-0.3, -0.25) is 9.59 Å². The lowest BCUT2D eigenvalue weighted by molar-refractivity contribution is -0.118. The Morgan fingerprint density at radius 2 is 1.56 bits per heavy atom. The lowest BCUT2D eigenvalue weighted by Gasteiger charge is -2.09. The molecule has 2 amide bonds. The van der Waals surface area contributed by atoms with E-state index in [4.69, 9.17) is 16.3 Å². The number of rotatable bonds is 6. The van der Waals surface area contributed by atoms with Crippen molar-refractivity contribution in [2.75, 3.05) is 17.2 Å². The second kappa shape index (κ2) is 8.87. The molecule has 6 heteroatoms. The van der Waals surface area contributed by atoms with Crippen molar-refractivity contribution in [1.82, 2.24) is 0 Å². The maximum Gasteiger partial charge on any atom is 0.262 e. The Balaban J connectivity index is 1.50. The van der Waals surface area contributed by atoms with Crippen LogP contribution in [0.5, 0.6) is 5.75 Å². The summed E-state index contributed by atoms with van der Waals surface area (Å²) in [6.07, 6.45) is 0. The van der Waals surface area contributed by atoms with E-state index in [1.807, 2.05) is 6.07 Å². The van der Waals surface area contributed by atoms with Crippen LogP contribution in [-0.2, 0) is 4.79 Å². The molecular weight excluding hydrogens is 364 g/mol. The number of carbonyl (C=O) groups is 2. The zero-order chi connectivity index (χ0) is 19.1. The van der Waals surface area contributed by atoms with Crippen molar-refractivity contribution in [1.29, 1.82) is 0 Å². The number of ether oxygens (including phenoxy) is 1. The molecule has 0 spiro atoms. The molecule has 3 aromatic rings. The fourth-order valence-corrected chi connectivity index (χ4v) is 2.53. The molecule has 27 heavy (non-hydrogen) atoms. The monoisotopic (exact) mass is 380 g/mol. The smallest absolute Gasteiger partial charge is 0.262 e. The van der Waals surface area contributed by atoms with Gasteiger partial charge in [-0.2, -0.15) is 0 Å². The summed E-state index contributed by atoms with van der Waals surface area (Å²) in [6.45, 7) is -0.137. The fraction of sp³-hybridized carbons (Fsp3) is 0.0476. The molecule has 0 aromatic heterocycles. The van der Waals surface area contributed by atoms with Crippen LogP contribution in [0.3, 0.4) is 0 Å². The number of amides is 2.